The number of carboxylic acids is 1. The van der Waals surface area contributed by atoms with Crippen LogP contribution in [0.15, 0.2) is 30.4 Å². The lowest BCUT2D eigenvalue weighted by Gasteiger charge is -2.24. The zero-order chi connectivity index (χ0) is 16.5. The van der Waals surface area contributed by atoms with E-state index in [1.54, 1.807) is 13.0 Å². The number of halogens is 1. The highest BCUT2D eigenvalue weighted by molar-refractivity contribution is 6.34. The van der Waals surface area contributed by atoms with Crippen molar-refractivity contribution < 1.29 is 24.2 Å². The smallest absolute Gasteiger partial charge is 0.337 e. The van der Waals surface area contributed by atoms with Crippen LogP contribution < -0.4 is 4.90 Å². The van der Waals surface area contributed by atoms with Crippen LogP contribution in [-0.2, 0) is 14.3 Å². The first kappa shape index (κ1) is 14.4. The monoisotopic (exact) mass is 333 g/mol. The van der Waals surface area contributed by atoms with Gasteiger partial charge in [0.1, 0.15) is 0 Å². The molecule has 0 aromatic heterocycles. The lowest BCUT2D eigenvalue weighted by molar-refractivity contribution is -0.126. The third kappa shape index (κ3) is 1.76. The van der Waals surface area contributed by atoms with Crippen LogP contribution in [0.1, 0.15) is 17.3 Å². The zero-order valence-electron chi connectivity index (χ0n) is 12.0. The quantitative estimate of drug-likeness (QED) is 0.660. The molecule has 0 saturated carbocycles. The Bertz CT molecular complexity index is 804. The number of nitrogens with zero attached hydrogens (tertiary/aromatic N) is 1. The van der Waals surface area contributed by atoms with Gasteiger partial charge in [-0.2, -0.15) is 0 Å². The Balaban J connectivity index is 1.78. The van der Waals surface area contributed by atoms with E-state index in [0.29, 0.717) is 0 Å². The number of imide groups is 1. The predicted molar refractivity (Wildman–Crippen MR) is 80.3 cm³/mol. The lowest BCUT2D eigenvalue weighted by atomic mass is 9.78. The maximum absolute atomic E-state index is 12.8. The number of rotatable bonds is 2. The molecule has 2 bridgehead atoms. The van der Waals surface area contributed by atoms with E-state index in [-0.39, 0.29) is 28.1 Å². The van der Waals surface area contributed by atoms with Gasteiger partial charge < -0.3 is 9.84 Å². The Morgan fingerprint density at radius 3 is 2.74 bits per heavy atom. The second-order valence-corrected chi connectivity index (χ2v) is 6.52. The van der Waals surface area contributed by atoms with Gasteiger partial charge >= 0.3 is 5.97 Å². The average molecular weight is 334 g/mol. The van der Waals surface area contributed by atoms with Crippen LogP contribution in [-0.4, -0.2) is 34.6 Å². The summed E-state index contributed by atoms with van der Waals surface area (Å²) in [7, 11) is 0. The summed E-state index contributed by atoms with van der Waals surface area (Å²) in [5.74, 6) is -3.08. The number of benzene rings is 1. The molecule has 3 aliphatic heterocycles. The number of hydrogen-bond acceptors (Lipinski definition) is 4. The summed E-state index contributed by atoms with van der Waals surface area (Å²) < 4.78 is 5.74. The van der Waals surface area contributed by atoms with E-state index in [9.17, 15) is 14.4 Å². The molecule has 7 heteroatoms. The van der Waals surface area contributed by atoms with Gasteiger partial charge in [0.2, 0.25) is 11.8 Å². The van der Waals surface area contributed by atoms with E-state index < -0.39 is 29.5 Å². The van der Waals surface area contributed by atoms with Crippen LogP contribution in [0.3, 0.4) is 0 Å². The fraction of sp³-hybridized carbons (Fsp3) is 0.312. The largest absolute Gasteiger partial charge is 0.478 e. The van der Waals surface area contributed by atoms with Crippen molar-refractivity contribution in [3.8, 4) is 0 Å². The van der Waals surface area contributed by atoms with Crippen molar-refractivity contribution in [1.82, 2.24) is 0 Å². The molecule has 118 valence electrons. The van der Waals surface area contributed by atoms with E-state index in [4.69, 9.17) is 21.4 Å². The van der Waals surface area contributed by atoms with Crippen molar-refractivity contribution in [3.05, 3.63) is 40.9 Å². The minimum absolute atomic E-state index is 0.0533. The summed E-state index contributed by atoms with van der Waals surface area (Å²) in [4.78, 5) is 37.7. The van der Waals surface area contributed by atoms with Gasteiger partial charge in [-0.1, -0.05) is 23.8 Å². The molecule has 1 aromatic carbocycles. The molecule has 1 N–H and O–H groups in total. The third-order valence-corrected chi connectivity index (χ3v) is 5.10. The van der Waals surface area contributed by atoms with Crippen LogP contribution in [0.2, 0.25) is 5.02 Å². The number of hydrogen-bond donors (Lipinski definition) is 1. The Kier molecular flexibility index (Phi) is 2.77. The molecule has 0 aliphatic carbocycles. The van der Waals surface area contributed by atoms with Gasteiger partial charge in [0.25, 0.3) is 0 Å². The highest BCUT2D eigenvalue weighted by Gasteiger charge is 2.66. The number of carbonyl (C=O) groups is 3. The number of carboxylic acid groups (broad SMARTS) is 1. The van der Waals surface area contributed by atoms with Crippen LogP contribution >= 0.6 is 11.6 Å². The second kappa shape index (κ2) is 4.43. The van der Waals surface area contributed by atoms with E-state index in [1.807, 2.05) is 6.08 Å². The van der Waals surface area contributed by atoms with Gasteiger partial charge in [-0.15, -0.1) is 0 Å². The number of amides is 2. The summed E-state index contributed by atoms with van der Waals surface area (Å²) in [5.41, 5.74) is -0.705. The summed E-state index contributed by atoms with van der Waals surface area (Å²) in [6, 6.07) is 4.10. The average Bonchev–Trinajstić information content (AvgIpc) is 3.09. The number of carbonyl (C=O) groups excluding carboxylic acids is 2. The first-order valence-corrected chi connectivity index (χ1v) is 7.49. The number of fused-ring (bicyclic) bond motifs is 5. The molecular weight excluding hydrogens is 322 g/mol. The number of ether oxygens (including phenoxy) is 1. The zero-order valence-corrected chi connectivity index (χ0v) is 12.8. The molecule has 6 nitrogen and oxygen atoms in total. The van der Waals surface area contributed by atoms with Crippen LogP contribution in [0, 0.1) is 11.8 Å². The fourth-order valence-electron chi connectivity index (χ4n) is 3.72. The highest BCUT2D eigenvalue weighted by Crippen LogP contribution is 2.52. The van der Waals surface area contributed by atoms with E-state index in [1.165, 1.54) is 18.2 Å². The number of aromatic carboxylic acids is 1. The first-order valence-electron chi connectivity index (χ1n) is 7.11. The Morgan fingerprint density at radius 1 is 1.35 bits per heavy atom. The first-order chi connectivity index (χ1) is 10.8. The van der Waals surface area contributed by atoms with Crippen LogP contribution in [0.5, 0.6) is 0 Å². The maximum atomic E-state index is 12.8. The summed E-state index contributed by atoms with van der Waals surface area (Å²) >= 11 is 5.85. The Morgan fingerprint density at radius 2 is 2.09 bits per heavy atom. The highest BCUT2D eigenvalue weighted by atomic mass is 35.5. The molecule has 0 radical (unpaired) electrons. The predicted octanol–water partition coefficient (Wildman–Crippen LogP) is 1.87. The minimum Gasteiger partial charge on any atom is -0.478 e. The molecule has 3 heterocycles. The number of anilines is 1. The summed E-state index contributed by atoms with van der Waals surface area (Å²) in [6.45, 7) is 1.79. The topological polar surface area (TPSA) is 83.9 Å². The molecule has 4 atom stereocenters. The molecule has 0 spiro atoms. The second-order valence-electron chi connectivity index (χ2n) is 6.11. The van der Waals surface area contributed by atoms with Gasteiger partial charge in [0.15, 0.2) is 0 Å². The van der Waals surface area contributed by atoms with Crippen molar-refractivity contribution in [2.24, 2.45) is 11.8 Å². The molecule has 3 aliphatic rings. The SMILES string of the molecule is C[C@@]12C=C[C@@H](O1)[C@H]1C(=O)N(c3ccc(Cl)c(C(=O)O)c3)C(=O)[C@@H]12. The molecular formula is C16H12ClNO5. The van der Waals surface area contributed by atoms with Gasteiger partial charge in [0, 0.05) is 0 Å². The normalized spacial score (nSPS) is 34.3. The van der Waals surface area contributed by atoms with E-state index >= 15 is 0 Å². The lowest BCUT2D eigenvalue weighted by Crippen LogP contribution is -2.38. The molecule has 1 aromatic rings. The van der Waals surface area contributed by atoms with Gasteiger partial charge in [0.05, 0.1) is 39.8 Å². The minimum atomic E-state index is -1.21. The van der Waals surface area contributed by atoms with Crippen LogP contribution in [0.4, 0.5) is 5.69 Å². The van der Waals surface area contributed by atoms with Crippen molar-refractivity contribution in [1.29, 1.82) is 0 Å². The molecule has 2 fully saturated rings. The molecule has 23 heavy (non-hydrogen) atoms. The van der Waals surface area contributed by atoms with Crippen molar-refractivity contribution in [3.63, 3.8) is 0 Å². The molecule has 2 saturated heterocycles. The van der Waals surface area contributed by atoms with E-state index in [0.717, 1.165) is 4.90 Å². The van der Waals surface area contributed by atoms with Crippen molar-refractivity contribution in [2.75, 3.05) is 4.90 Å². The van der Waals surface area contributed by atoms with Gasteiger partial charge in [-0.3, -0.25) is 9.59 Å². The van der Waals surface area contributed by atoms with Gasteiger partial charge in [-0.05, 0) is 25.1 Å². The van der Waals surface area contributed by atoms with Gasteiger partial charge in [-0.25, -0.2) is 9.69 Å². The van der Waals surface area contributed by atoms with Crippen molar-refractivity contribution in [2.45, 2.75) is 18.6 Å². The van der Waals surface area contributed by atoms with Crippen molar-refractivity contribution >= 4 is 35.1 Å². The van der Waals surface area contributed by atoms with E-state index in [2.05, 4.69) is 0 Å². The Labute approximate surface area is 136 Å². The fourth-order valence-corrected chi connectivity index (χ4v) is 3.92. The summed E-state index contributed by atoms with van der Waals surface area (Å²) in [6.07, 6.45) is 3.22. The molecule has 2 amide bonds. The maximum Gasteiger partial charge on any atom is 0.337 e. The standard InChI is InChI=1S/C16H12ClNO5/c1-16-5-4-10(23-16)11-12(16)14(20)18(13(11)19)7-2-3-9(17)8(6-7)15(21)22/h2-6,10-12H,1H3,(H,21,22)/t10-,11-,12-,16+/m1/s1. The van der Waals surface area contributed by atoms with Crippen LogP contribution in [0.25, 0.3) is 0 Å². The third-order valence-electron chi connectivity index (χ3n) is 4.77. The molecule has 4 rings (SSSR count). The Hall–Kier alpha value is -2.18. The molecule has 0 unspecified atom stereocenters. The summed E-state index contributed by atoms with van der Waals surface area (Å²) in [5, 5.41) is 9.21.